The van der Waals surface area contributed by atoms with Crippen LogP contribution in [0.25, 0.3) is 0 Å². The van der Waals surface area contributed by atoms with Crippen LogP contribution in [0.1, 0.15) is 0 Å². The van der Waals surface area contributed by atoms with E-state index in [2.05, 4.69) is 39.7 Å². The molecule has 6 heavy (non-hydrogen) atoms. The van der Waals surface area contributed by atoms with Gasteiger partial charge in [-0.15, -0.1) is 0 Å². The van der Waals surface area contributed by atoms with Gasteiger partial charge in [-0.3, -0.25) is 0 Å². The standard InChI is InChI=1S/C3H5BBr2/c4-3(6)1-2-5/h1-3H,4H2. The second kappa shape index (κ2) is 3.94. The largest absolute Gasteiger partial charge is 0.124 e. The van der Waals surface area contributed by atoms with Gasteiger partial charge < -0.3 is 0 Å². The first kappa shape index (κ1) is 6.76. The Morgan fingerprint density at radius 1 is 1.67 bits per heavy atom. The third kappa shape index (κ3) is 4.76. The van der Waals surface area contributed by atoms with Crippen molar-refractivity contribution in [1.29, 1.82) is 0 Å². The van der Waals surface area contributed by atoms with Crippen LogP contribution >= 0.6 is 31.9 Å². The molecule has 1 unspecified atom stereocenters. The molecule has 0 saturated carbocycles. The summed E-state index contributed by atoms with van der Waals surface area (Å²) in [6, 6.07) is 0. The Morgan fingerprint density at radius 2 is 2.17 bits per heavy atom. The first-order valence-corrected chi connectivity index (χ1v) is 3.51. The zero-order chi connectivity index (χ0) is 4.99. The Balaban J connectivity index is 3.03. The summed E-state index contributed by atoms with van der Waals surface area (Å²) in [4.78, 5) is 1.84. The third-order valence-corrected chi connectivity index (χ3v) is 0.948. The molecule has 0 aliphatic heterocycles. The fourth-order valence-corrected chi connectivity index (χ4v) is 1.12. The van der Waals surface area contributed by atoms with Crippen molar-refractivity contribution in [2.45, 2.75) is 4.73 Å². The van der Waals surface area contributed by atoms with Gasteiger partial charge in [0.25, 0.3) is 0 Å². The van der Waals surface area contributed by atoms with Crippen molar-refractivity contribution in [2.24, 2.45) is 0 Å². The van der Waals surface area contributed by atoms with E-state index >= 15 is 0 Å². The molecule has 0 fully saturated rings. The molecule has 34 valence electrons. The average Bonchev–Trinajstić information content (AvgIpc) is 1.35. The van der Waals surface area contributed by atoms with Crippen LogP contribution in [-0.4, -0.2) is 12.6 Å². The summed E-state index contributed by atoms with van der Waals surface area (Å²) in [7, 11) is 2.05. The van der Waals surface area contributed by atoms with E-state index in [1.165, 1.54) is 0 Å². The van der Waals surface area contributed by atoms with Gasteiger partial charge in [0, 0.05) is 4.73 Å². The van der Waals surface area contributed by atoms with E-state index in [1.54, 1.807) is 0 Å². The van der Waals surface area contributed by atoms with Gasteiger partial charge >= 0.3 is 0 Å². The highest BCUT2D eigenvalue weighted by Gasteiger charge is 1.80. The third-order valence-electron chi connectivity index (χ3n) is 0.338. The van der Waals surface area contributed by atoms with Gasteiger partial charge in [-0.1, -0.05) is 37.9 Å². The van der Waals surface area contributed by atoms with Crippen LogP contribution in [-0.2, 0) is 0 Å². The molecule has 0 nitrogen and oxygen atoms in total. The number of rotatable bonds is 1. The van der Waals surface area contributed by atoms with E-state index < -0.39 is 0 Å². The van der Waals surface area contributed by atoms with E-state index in [0.717, 1.165) is 0 Å². The molecule has 0 aliphatic carbocycles. The molecule has 0 saturated heterocycles. The summed E-state index contributed by atoms with van der Waals surface area (Å²) in [5.41, 5.74) is 0. The summed E-state index contributed by atoms with van der Waals surface area (Å²) in [5, 5.41) is 0. The Bertz CT molecular complexity index is 50.8. The first-order valence-electron chi connectivity index (χ1n) is 1.68. The molecule has 3 heteroatoms. The van der Waals surface area contributed by atoms with Crippen LogP contribution in [0.2, 0.25) is 0 Å². The van der Waals surface area contributed by atoms with Crippen LogP contribution < -0.4 is 0 Å². The van der Waals surface area contributed by atoms with E-state index in [0.29, 0.717) is 4.73 Å². The minimum atomic E-state index is 0.483. The number of hydrogen-bond acceptors (Lipinski definition) is 0. The van der Waals surface area contributed by atoms with Gasteiger partial charge in [-0.05, 0) is 4.99 Å². The molecule has 1 atom stereocenters. The van der Waals surface area contributed by atoms with Crippen molar-refractivity contribution in [2.75, 3.05) is 0 Å². The lowest BCUT2D eigenvalue weighted by atomic mass is 10.1. The Kier molecular flexibility index (Phi) is 4.44. The average molecular weight is 212 g/mol. The molecule has 0 rings (SSSR count). The lowest BCUT2D eigenvalue weighted by Crippen LogP contribution is -1.85. The highest BCUT2D eigenvalue weighted by Crippen LogP contribution is 1.95. The van der Waals surface area contributed by atoms with Gasteiger partial charge in [-0.2, -0.15) is 0 Å². The maximum absolute atomic E-state index is 3.32. The molecule has 0 aromatic heterocycles. The van der Waals surface area contributed by atoms with E-state index in [9.17, 15) is 0 Å². The van der Waals surface area contributed by atoms with E-state index in [1.807, 2.05) is 11.1 Å². The van der Waals surface area contributed by atoms with Gasteiger partial charge in [0.2, 0.25) is 0 Å². The van der Waals surface area contributed by atoms with Crippen molar-refractivity contribution < 1.29 is 0 Å². The van der Waals surface area contributed by atoms with Gasteiger partial charge in [0.15, 0.2) is 0 Å². The summed E-state index contributed by atoms with van der Waals surface area (Å²) in [6.07, 6.45) is 2.00. The first-order chi connectivity index (χ1) is 2.77. The second-order valence-corrected chi connectivity index (χ2v) is 2.97. The summed E-state index contributed by atoms with van der Waals surface area (Å²) in [5.74, 6) is 0. The summed E-state index contributed by atoms with van der Waals surface area (Å²) in [6.45, 7) is 0. The van der Waals surface area contributed by atoms with E-state index in [4.69, 9.17) is 0 Å². The molecule has 0 bridgehead atoms. The van der Waals surface area contributed by atoms with Gasteiger partial charge in [-0.25, -0.2) is 0 Å². The van der Waals surface area contributed by atoms with Crippen LogP contribution in [0.15, 0.2) is 11.1 Å². The number of alkyl halides is 1. The maximum atomic E-state index is 3.32. The Hall–Kier alpha value is 0.765. The van der Waals surface area contributed by atoms with Crippen molar-refractivity contribution in [3.63, 3.8) is 0 Å². The van der Waals surface area contributed by atoms with Crippen LogP contribution in [0.4, 0.5) is 0 Å². The minimum absolute atomic E-state index is 0.483. The molecule has 0 aromatic rings. The SMILES string of the molecule is BC(Br)C=CBr. The molecule has 0 amide bonds. The lowest BCUT2D eigenvalue weighted by Gasteiger charge is -1.83. The van der Waals surface area contributed by atoms with Crippen molar-refractivity contribution in [3.05, 3.63) is 11.1 Å². The van der Waals surface area contributed by atoms with Gasteiger partial charge in [0.05, 0.1) is 0 Å². The molecular formula is C3H5BBr2. The molecule has 0 N–H and O–H groups in total. The van der Waals surface area contributed by atoms with Crippen LogP contribution in [0.5, 0.6) is 0 Å². The summed E-state index contributed by atoms with van der Waals surface area (Å²) >= 11 is 6.46. The monoisotopic (exact) mass is 210 g/mol. The number of allylic oxidation sites excluding steroid dienone is 1. The number of hydrogen-bond donors (Lipinski definition) is 0. The normalized spacial score (nSPS) is 15.7. The smallest absolute Gasteiger partial charge is 0.0945 e. The highest BCUT2D eigenvalue weighted by molar-refractivity contribution is 9.11. The zero-order valence-electron chi connectivity index (χ0n) is 3.49. The summed E-state index contributed by atoms with van der Waals surface area (Å²) < 4.78 is 0.483. The van der Waals surface area contributed by atoms with Crippen LogP contribution in [0, 0.1) is 0 Å². The Labute approximate surface area is 55.7 Å². The van der Waals surface area contributed by atoms with Gasteiger partial charge in [0.1, 0.15) is 7.85 Å². The van der Waals surface area contributed by atoms with Crippen molar-refractivity contribution >= 4 is 39.7 Å². The fraction of sp³-hybridized carbons (Fsp3) is 0.333. The minimum Gasteiger partial charge on any atom is -0.0945 e. The van der Waals surface area contributed by atoms with Crippen molar-refractivity contribution in [3.8, 4) is 0 Å². The number of halogens is 2. The highest BCUT2D eigenvalue weighted by atomic mass is 79.9. The maximum Gasteiger partial charge on any atom is 0.124 e. The second-order valence-electron chi connectivity index (χ2n) is 0.996. The molecule has 0 aliphatic rings. The molecular weight excluding hydrogens is 207 g/mol. The lowest BCUT2D eigenvalue weighted by molar-refractivity contribution is 1.69. The molecule has 0 heterocycles. The van der Waals surface area contributed by atoms with Crippen LogP contribution in [0.3, 0.4) is 0 Å². The molecule has 0 radical (unpaired) electrons. The van der Waals surface area contributed by atoms with E-state index in [-0.39, 0.29) is 0 Å². The Morgan fingerprint density at radius 3 is 2.17 bits per heavy atom. The van der Waals surface area contributed by atoms with Crippen molar-refractivity contribution in [1.82, 2.24) is 0 Å². The predicted octanol–water partition coefficient (Wildman–Crippen LogP) is 1.25. The predicted molar refractivity (Wildman–Crippen MR) is 39.3 cm³/mol. The molecule has 0 spiro atoms. The fourth-order valence-electron chi connectivity index (χ4n) is 0.100. The topological polar surface area (TPSA) is 0 Å². The zero-order valence-corrected chi connectivity index (χ0v) is 6.66. The molecule has 0 aromatic carbocycles. The quantitative estimate of drug-likeness (QED) is 0.453.